The molecule has 5 rings (SSSR count). The van der Waals surface area contributed by atoms with Crippen LogP contribution in [0.1, 0.15) is 48.4 Å². The van der Waals surface area contributed by atoms with Crippen molar-refractivity contribution in [1.82, 2.24) is 20.3 Å². The van der Waals surface area contributed by atoms with Crippen LogP contribution in [0.5, 0.6) is 11.5 Å². The van der Waals surface area contributed by atoms with Crippen LogP contribution >= 0.6 is 0 Å². The van der Waals surface area contributed by atoms with Crippen molar-refractivity contribution in [3.8, 4) is 11.5 Å². The van der Waals surface area contributed by atoms with Crippen molar-refractivity contribution in [3.63, 3.8) is 0 Å². The molecule has 0 spiro atoms. The highest BCUT2D eigenvalue weighted by atomic mass is 16.5. The Kier molecular flexibility index (Phi) is 8.00. The summed E-state index contributed by atoms with van der Waals surface area (Å²) in [5.74, 6) is 0.317. The summed E-state index contributed by atoms with van der Waals surface area (Å²) in [5.41, 5.74) is 4.45. The third-order valence-electron chi connectivity index (χ3n) is 7.53. The Morgan fingerprint density at radius 2 is 1.80 bits per heavy atom. The third kappa shape index (κ3) is 5.36. The first-order valence-electron chi connectivity index (χ1n) is 13.6. The van der Waals surface area contributed by atoms with E-state index in [4.69, 9.17) is 9.47 Å². The minimum Gasteiger partial charge on any atom is -0.493 e. The number of fused-ring (bicyclic) bond motifs is 1. The van der Waals surface area contributed by atoms with Gasteiger partial charge in [-0.05, 0) is 62.1 Å². The fourth-order valence-electron chi connectivity index (χ4n) is 5.51. The van der Waals surface area contributed by atoms with E-state index in [0.29, 0.717) is 28.3 Å². The van der Waals surface area contributed by atoms with Gasteiger partial charge in [-0.2, -0.15) is 0 Å². The molecule has 1 fully saturated rings. The lowest BCUT2D eigenvalue weighted by molar-refractivity contribution is -0.127. The van der Waals surface area contributed by atoms with Gasteiger partial charge in [0.2, 0.25) is 11.8 Å². The average molecular weight is 542 g/mol. The molecule has 1 heterocycles. The van der Waals surface area contributed by atoms with Gasteiger partial charge in [0.15, 0.2) is 11.5 Å². The first kappa shape index (κ1) is 27.2. The molecule has 1 aliphatic rings. The number of nitrogens with one attached hydrogen (secondary N) is 1. The Morgan fingerprint density at radius 3 is 2.55 bits per heavy atom. The highest BCUT2D eigenvalue weighted by Gasteiger charge is 2.37. The van der Waals surface area contributed by atoms with Gasteiger partial charge in [0.1, 0.15) is 18.1 Å². The molecule has 9 heteroatoms. The first-order valence-corrected chi connectivity index (χ1v) is 13.6. The molecule has 1 aromatic heterocycles. The molecule has 9 nitrogen and oxygen atoms in total. The number of para-hydroxylation sites is 2. The maximum atomic E-state index is 14.4. The van der Waals surface area contributed by atoms with Gasteiger partial charge in [-0.3, -0.25) is 14.5 Å². The summed E-state index contributed by atoms with van der Waals surface area (Å²) in [6, 6.07) is 17.8. The van der Waals surface area contributed by atoms with Crippen LogP contribution in [0, 0.1) is 13.8 Å². The third-order valence-corrected chi connectivity index (χ3v) is 7.53. The largest absolute Gasteiger partial charge is 0.493 e. The molecule has 1 aliphatic carbocycles. The molecule has 208 valence electrons. The summed E-state index contributed by atoms with van der Waals surface area (Å²) < 4.78 is 12.9. The second-order valence-electron chi connectivity index (χ2n) is 10.3. The number of rotatable bonds is 9. The molecule has 1 atom stereocenters. The Morgan fingerprint density at radius 1 is 1.02 bits per heavy atom. The number of methoxy groups -OCH3 is 2. The molecule has 0 saturated heterocycles. The average Bonchev–Trinajstić information content (AvgIpc) is 3.62. The van der Waals surface area contributed by atoms with Crippen LogP contribution in [0.4, 0.5) is 5.69 Å². The van der Waals surface area contributed by atoms with Gasteiger partial charge in [-0.1, -0.05) is 54.5 Å². The van der Waals surface area contributed by atoms with E-state index in [2.05, 4.69) is 15.6 Å². The van der Waals surface area contributed by atoms with Gasteiger partial charge in [0.05, 0.1) is 19.7 Å². The minimum absolute atomic E-state index is 0.0569. The van der Waals surface area contributed by atoms with Crippen LogP contribution in [0.25, 0.3) is 11.0 Å². The summed E-state index contributed by atoms with van der Waals surface area (Å²) in [6.07, 6.45) is 3.96. The van der Waals surface area contributed by atoms with Gasteiger partial charge in [0, 0.05) is 17.3 Å². The minimum atomic E-state index is -1.02. The second kappa shape index (κ2) is 11.8. The molecule has 2 amide bonds. The molecule has 0 radical (unpaired) electrons. The van der Waals surface area contributed by atoms with Crippen molar-refractivity contribution in [2.45, 2.75) is 58.2 Å². The number of aromatic nitrogens is 3. The van der Waals surface area contributed by atoms with Crippen molar-refractivity contribution in [3.05, 3.63) is 77.4 Å². The van der Waals surface area contributed by atoms with Crippen LogP contribution < -0.4 is 19.7 Å². The van der Waals surface area contributed by atoms with E-state index in [1.165, 1.54) is 0 Å². The van der Waals surface area contributed by atoms with Gasteiger partial charge in [0.25, 0.3) is 0 Å². The summed E-state index contributed by atoms with van der Waals surface area (Å²) in [6.45, 7) is 3.80. The van der Waals surface area contributed by atoms with E-state index < -0.39 is 6.04 Å². The number of carbonyl (C=O) groups excluding carboxylic acids is 2. The zero-order valence-electron chi connectivity index (χ0n) is 23.4. The monoisotopic (exact) mass is 541 g/mol. The van der Waals surface area contributed by atoms with E-state index >= 15 is 0 Å². The van der Waals surface area contributed by atoms with E-state index in [1.54, 1.807) is 29.9 Å². The maximum absolute atomic E-state index is 14.4. The van der Waals surface area contributed by atoms with Gasteiger partial charge in [-0.25, -0.2) is 4.68 Å². The lowest BCUT2D eigenvalue weighted by Gasteiger charge is -2.34. The van der Waals surface area contributed by atoms with Crippen molar-refractivity contribution in [2.24, 2.45) is 0 Å². The lowest BCUT2D eigenvalue weighted by atomic mass is 9.99. The number of amides is 2. The van der Waals surface area contributed by atoms with Crippen molar-refractivity contribution in [1.29, 1.82) is 0 Å². The van der Waals surface area contributed by atoms with Crippen molar-refractivity contribution in [2.75, 3.05) is 19.1 Å². The Balaban J connectivity index is 1.67. The topological polar surface area (TPSA) is 98.6 Å². The fraction of sp³-hybridized carbons (Fsp3) is 0.355. The molecule has 4 aromatic rings. The van der Waals surface area contributed by atoms with E-state index in [1.807, 2.05) is 68.4 Å². The zero-order chi connectivity index (χ0) is 28.2. The molecular weight excluding hydrogens is 506 g/mol. The zero-order valence-corrected chi connectivity index (χ0v) is 23.4. The fourth-order valence-corrected chi connectivity index (χ4v) is 5.51. The number of benzene rings is 3. The second-order valence-corrected chi connectivity index (χ2v) is 10.3. The molecule has 1 unspecified atom stereocenters. The highest BCUT2D eigenvalue weighted by molar-refractivity contribution is 6.02. The number of nitrogens with zero attached hydrogens (tertiary/aromatic N) is 4. The summed E-state index contributed by atoms with van der Waals surface area (Å²) >= 11 is 0. The molecule has 3 aromatic carbocycles. The standard InChI is InChI=1S/C31H35N5O4/c1-20-16-17-21(2)26(18-20)36(28(37)19-35-25-14-8-7-13-24(25)33-34-35)29(31(38)32-22-10-5-6-11-22)23-12-9-15-27(39-3)30(23)40-4/h7-9,12-18,22,29H,5-6,10-11,19H2,1-4H3,(H,32,38). The maximum Gasteiger partial charge on any atom is 0.249 e. The van der Waals surface area contributed by atoms with Crippen LogP contribution in [-0.4, -0.2) is 47.1 Å². The van der Waals surface area contributed by atoms with E-state index in [-0.39, 0.29) is 24.4 Å². The van der Waals surface area contributed by atoms with Crippen LogP contribution in [-0.2, 0) is 16.1 Å². The lowest BCUT2D eigenvalue weighted by Crippen LogP contribution is -2.47. The predicted octanol–water partition coefficient (Wildman–Crippen LogP) is 4.90. The quantitative estimate of drug-likeness (QED) is 0.324. The molecule has 1 N–H and O–H groups in total. The van der Waals surface area contributed by atoms with Gasteiger partial charge < -0.3 is 14.8 Å². The van der Waals surface area contributed by atoms with Gasteiger partial charge >= 0.3 is 0 Å². The first-order chi connectivity index (χ1) is 19.4. The Labute approximate surface area is 234 Å². The molecule has 0 bridgehead atoms. The number of carbonyl (C=O) groups is 2. The number of aryl methyl sites for hydroxylation is 2. The Bertz CT molecular complexity index is 1530. The molecule has 1 saturated carbocycles. The molecule has 0 aliphatic heterocycles. The summed E-state index contributed by atoms with van der Waals surface area (Å²) in [5, 5.41) is 11.7. The van der Waals surface area contributed by atoms with E-state index in [9.17, 15) is 9.59 Å². The Hall–Kier alpha value is -4.40. The highest BCUT2D eigenvalue weighted by Crippen LogP contribution is 2.40. The van der Waals surface area contributed by atoms with E-state index in [0.717, 1.165) is 42.3 Å². The SMILES string of the molecule is COc1cccc(C(C(=O)NC2CCCC2)N(C(=O)Cn2nnc3ccccc32)c2cc(C)ccc2C)c1OC. The van der Waals surface area contributed by atoms with Gasteiger partial charge in [-0.15, -0.1) is 5.10 Å². The molecule has 40 heavy (non-hydrogen) atoms. The van der Waals surface area contributed by atoms with Crippen LogP contribution in [0.2, 0.25) is 0 Å². The number of hydrogen-bond acceptors (Lipinski definition) is 6. The normalized spacial score (nSPS) is 14.2. The molecular formula is C31H35N5O4. The summed E-state index contributed by atoms with van der Waals surface area (Å²) in [7, 11) is 3.09. The number of hydrogen-bond donors (Lipinski definition) is 1. The summed E-state index contributed by atoms with van der Waals surface area (Å²) in [4.78, 5) is 30.3. The van der Waals surface area contributed by atoms with Crippen molar-refractivity contribution < 1.29 is 19.1 Å². The van der Waals surface area contributed by atoms with Crippen LogP contribution in [0.15, 0.2) is 60.7 Å². The number of anilines is 1. The van der Waals surface area contributed by atoms with Crippen LogP contribution in [0.3, 0.4) is 0 Å². The predicted molar refractivity (Wildman–Crippen MR) is 154 cm³/mol. The smallest absolute Gasteiger partial charge is 0.249 e. The van der Waals surface area contributed by atoms with Crippen molar-refractivity contribution >= 4 is 28.5 Å². The number of ether oxygens (including phenoxy) is 2.